The number of aromatic nitrogens is 2. The van der Waals surface area contributed by atoms with Gasteiger partial charge >= 0.3 is 6.18 Å². The lowest BCUT2D eigenvalue weighted by atomic mass is 10.1. The van der Waals surface area contributed by atoms with Crippen molar-refractivity contribution < 1.29 is 18.0 Å². The van der Waals surface area contributed by atoms with E-state index in [0.717, 1.165) is 6.07 Å². The second-order valence-electron chi connectivity index (χ2n) is 4.57. The molecule has 1 aromatic carbocycles. The predicted molar refractivity (Wildman–Crippen MR) is 72.0 cm³/mol. The molecule has 112 valence electrons. The van der Waals surface area contributed by atoms with Crippen LogP contribution < -0.4 is 5.32 Å². The van der Waals surface area contributed by atoms with Crippen LogP contribution in [0.25, 0.3) is 0 Å². The Balaban J connectivity index is 2.21. The molecule has 7 heteroatoms. The second-order valence-corrected chi connectivity index (χ2v) is 4.57. The Bertz CT molecular complexity index is 662. The lowest BCUT2D eigenvalue weighted by Gasteiger charge is -2.12. The van der Waals surface area contributed by atoms with Crippen LogP contribution in [0.2, 0.25) is 0 Å². The number of nitrogens with one attached hydrogen (secondary N) is 1. The number of carbonyl (C=O) groups excluding carboxylic acids is 1. The van der Waals surface area contributed by atoms with Crippen LogP contribution in [0.5, 0.6) is 0 Å². The Kier molecular flexibility index (Phi) is 4.02. The zero-order valence-corrected chi connectivity index (χ0v) is 11.5. The molecule has 21 heavy (non-hydrogen) atoms. The van der Waals surface area contributed by atoms with E-state index in [4.69, 9.17) is 0 Å². The van der Waals surface area contributed by atoms with E-state index in [1.54, 1.807) is 4.68 Å². The molecule has 0 aliphatic heterocycles. The van der Waals surface area contributed by atoms with Crippen molar-refractivity contribution in [2.24, 2.45) is 0 Å². The van der Waals surface area contributed by atoms with Crippen molar-refractivity contribution in [1.29, 1.82) is 0 Å². The lowest BCUT2D eigenvalue weighted by molar-refractivity contribution is -0.138. The number of carbonyl (C=O) groups is 1. The van der Waals surface area contributed by atoms with Crippen molar-refractivity contribution in [2.75, 3.05) is 5.32 Å². The molecule has 0 radical (unpaired) electrons. The highest BCUT2D eigenvalue weighted by atomic mass is 19.4. The van der Waals surface area contributed by atoms with Crippen molar-refractivity contribution in [3.63, 3.8) is 0 Å². The van der Waals surface area contributed by atoms with Crippen molar-refractivity contribution >= 4 is 11.6 Å². The summed E-state index contributed by atoms with van der Waals surface area (Å²) in [6.45, 7) is 3.85. The summed E-state index contributed by atoms with van der Waals surface area (Å²) < 4.78 is 40.0. The molecule has 1 amide bonds. The monoisotopic (exact) mass is 297 g/mol. The molecule has 0 saturated carbocycles. The van der Waals surface area contributed by atoms with Crippen molar-refractivity contribution in [2.45, 2.75) is 26.6 Å². The number of alkyl halides is 3. The number of rotatable bonds is 3. The average molecular weight is 297 g/mol. The third-order valence-electron chi connectivity index (χ3n) is 3.02. The molecule has 2 aromatic rings. The van der Waals surface area contributed by atoms with Crippen LogP contribution in [0.3, 0.4) is 0 Å². The molecule has 1 N–H and O–H groups in total. The zero-order valence-electron chi connectivity index (χ0n) is 11.5. The first kappa shape index (κ1) is 15.1. The minimum Gasteiger partial charge on any atom is -0.322 e. The van der Waals surface area contributed by atoms with Crippen LogP contribution in [0.15, 0.2) is 30.6 Å². The van der Waals surface area contributed by atoms with Gasteiger partial charge in [0.1, 0.15) is 0 Å². The summed E-state index contributed by atoms with van der Waals surface area (Å²) in [5, 5.41) is 6.39. The Labute approximate surface area is 119 Å². The summed E-state index contributed by atoms with van der Waals surface area (Å²) in [7, 11) is 0. The standard InChI is InChI=1S/C14H14F3N3O/c1-3-20-8-10(7-18-20)13(21)19-11-5-4-9(2)12(6-11)14(15,16)17/h4-8H,3H2,1-2H3,(H,19,21). The topological polar surface area (TPSA) is 46.9 Å². The van der Waals surface area contributed by atoms with Gasteiger partial charge in [-0.25, -0.2) is 0 Å². The Morgan fingerprint density at radius 2 is 2.10 bits per heavy atom. The highest BCUT2D eigenvalue weighted by Gasteiger charge is 2.32. The summed E-state index contributed by atoms with van der Waals surface area (Å²) in [4.78, 5) is 11.9. The number of hydrogen-bond donors (Lipinski definition) is 1. The Morgan fingerprint density at radius 3 is 2.67 bits per heavy atom. The molecular formula is C14H14F3N3O. The van der Waals surface area contributed by atoms with Crippen molar-refractivity contribution in [3.05, 3.63) is 47.3 Å². The molecule has 0 atom stereocenters. The van der Waals surface area contributed by atoms with Gasteiger partial charge in [0, 0.05) is 18.4 Å². The number of benzene rings is 1. The van der Waals surface area contributed by atoms with Gasteiger partial charge in [-0.1, -0.05) is 6.07 Å². The highest BCUT2D eigenvalue weighted by Crippen LogP contribution is 2.33. The molecule has 0 unspecified atom stereocenters. The number of amides is 1. The number of halogens is 3. The number of aryl methyl sites for hydroxylation is 2. The number of anilines is 1. The van der Waals surface area contributed by atoms with Crippen LogP contribution in [0, 0.1) is 6.92 Å². The normalized spacial score (nSPS) is 11.5. The quantitative estimate of drug-likeness (QED) is 0.942. The van der Waals surface area contributed by atoms with E-state index in [0.29, 0.717) is 12.1 Å². The van der Waals surface area contributed by atoms with Gasteiger partial charge in [-0.2, -0.15) is 18.3 Å². The van der Waals surface area contributed by atoms with E-state index in [2.05, 4.69) is 10.4 Å². The van der Waals surface area contributed by atoms with Gasteiger partial charge in [-0.05, 0) is 31.5 Å². The van der Waals surface area contributed by atoms with Gasteiger partial charge in [0.15, 0.2) is 0 Å². The first-order valence-corrected chi connectivity index (χ1v) is 6.33. The molecule has 0 aliphatic carbocycles. The van der Waals surface area contributed by atoms with E-state index in [1.165, 1.54) is 31.5 Å². The molecule has 1 aromatic heterocycles. The molecule has 4 nitrogen and oxygen atoms in total. The summed E-state index contributed by atoms with van der Waals surface area (Å²) >= 11 is 0. The fourth-order valence-corrected chi connectivity index (χ4v) is 1.86. The fourth-order valence-electron chi connectivity index (χ4n) is 1.86. The predicted octanol–water partition coefficient (Wildman–Crippen LogP) is 3.48. The Hall–Kier alpha value is -2.31. The SMILES string of the molecule is CCn1cc(C(=O)Nc2ccc(C)c(C(F)(F)F)c2)cn1. The van der Waals surface area contributed by atoms with Gasteiger partial charge in [0.2, 0.25) is 0 Å². The number of nitrogens with zero attached hydrogens (tertiary/aromatic N) is 2. The van der Waals surface area contributed by atoms with E-state index >= 15 is 0 Å². The van der Waals surface area contributed by atoms with Gasteiger partial charge < -0.3 is 5.32 Å². The van der Waals surface area contributed by atoms with Crippen molar-refractivity contribution in [1.82, 2.24) is 9.78 Å². The smallest absolute Gasteiger partial charge is 0.322 e. The summed E-state index contributed by atoms with van der Waals surface area (Å²) in [5.41, 5.74) is -0.253. The molecule has 0 saturated heterocycles. The molecule has 0 bridgehead atoms. The van der Waals surface area contributed by atoms with E-state index in [1.807, 2.05) is 6.92 Å². The van der Waals surface area contributed by atoms with E-state index in [9.17, 15) is 18.0 Å². The third-order valence-corrected chi connectivity index (χ3v) is 3.02. The zero-order chi connectivity index (χ0) is 15.6. The highest BCUT2D eigenvalue weighted by molar-refractivity contribution is 6.04. The first-order chi connectivity index (χ1) is 9.81. The molecular weight excluding hydrogens is 283 g/mol. The van der Waals surface area contributed by atoms with E-state index < -0.39 is 17.6 Å². The lowest BCUT2D eigenvalue weighted by Crippen LogP contribution is -2.13. The van der Waals surface area contributed by atoms with E-state index in [-0.39, 0.29) is 11.3 Å². The van der Waals surface area contributed by atoms with Gasteiger partial charge in [0.25, 0.3) is 5.91 Å². The fraction of sp³-hybridized carbons (Fsp3) is 0.286. The minimum absolute atomic E-state index is 0.0992. The Morgan fingerprint density at radius 1 is 1.38 bits per heavy atom. The molecule has 2 rings (SSSR count). The van der Waals surface area contributed by atoms with Crippen LogP contribution in [-0.4, -0.2) is 15.7 Å². The maximum atomic E-state index is 12.8. The van der Waals surface area contributed by atoms with Gasteiger partial charge in [-0.3, -0.25) is 9.48 Å². The molecule has 0 aliphatic rings. The van der Waals surface area contributed by atoms with Gasteiger partial charge in [-0.15, -0.1) is 0 Å². The van der Waals surface area contributed by atoms with Crippen LogP contribution >= 0.6 is 0 Å². The van der Waals surface area contributed by atoms with Gasteiger partial charge in [0.05, 0.1) is 17.3 Å². The maximum Gasteiger partial charge on any atom is 0.416 e. The minimum atomic E-state index is -4.45. The second kappa shape index (κ2) is 5.59. The summed E-state index contributed by atoms with van der Waals surface area (Å²) in [6.07, 6.45) is -1.54. The number of hydrogen-bond acceptors (Lipinski definition) is 2. The summed E-state index contributed by atoms with van der Waals surface area (Å²) in [6, 6.07) is 3.69. The molecule has 0 spiro atoms. The van der Waals surface area contributed by atoms with Crippen molar-refractivity contribution in [3.8, 4) is 0 Å². The van der Waals surface area contributed by atoms with Crippen LogP contribution in [0.1, 0.15) is 28.4 Å². The first-order valence-electron chi connectivity index (χ1n) is 6.33. The maximum absolute atomic E-state index is 12.8. The van der Waals surface area contributed by atoms with Crippen LogP contribution in [-0.2, 0) is 12.7 Å². The third kappa shape index (κ3) is 3.42. The molecule has 1 heterocycles. The van der Waals surface area contributed by atoms with Crippen LogP contribution in [0.4, 0.5) is 18.9 Å². The average Bonchev–Trinajstić information content (AvgIpc) is 2.88. The largest absolute Gasteiger partial charge is 0.416 e. The summed E-state index contributed by atoms with van der Waals surface area (Å²) in [5.74, 6) is -0.494. The molecule has 0 fully saturated rings.